The molecule has 0 bridgehead atoms. The molecular formula is C13H28N2O2. The molecule has 2 N–H and O–H groups in total. The third kappa shape index (κ3) is 4.92. The van der Waals surface area contributed by atoms with Gasteiger partial charge in [0.25, 0.3) is 0 Å². The van der Waals surface area contributed by atoms with E-state index in [-0.39, 0.29) is 0 Å². The summed E-state index contributed by atoms with van der Waals surface area (Å²) in [5.74, 6) is 0.771. The average molecular weight is 244 g/mol. The van der Waals surface area contributed by atoms with Gasteiger partial charge in [-0.25, -0.2) is 0 Å². The van der Waals surface area contributed by atoms with Crippen LogP contribution in [0.5, 0.6) is 0 Å². The largest absolute Gasteiger partial charge is 0.382 e. The summed E-state index contributed by atoms with van der Waals surface area (Å²) in [5.41, 5.74) is 5.91. The molecule has 0 aromatic heterocycles. The molecule has 2 atom stereocenters. The van der Waals surface area contributed by atoms with Gasteiger partial charge in [-0.2, -0.15) is 0 Å². The molecule has 0 spiro atoms. The smallest absolute Gasteiger partial charge is 0.0700 e. The van der Waals surface area contributed by atoms with Crippen LogP contribution in [0, 0.1) is 5.92 Å². The van der Waals surface area contributed by atoms with E-state index in [0.717, 1.165) is 25.6 Å². The highest BCUT2D eigenvalue weighted by atomic mass is 16.5. The molecule has 1 fully saturated rings. The Morgan fingerprint density at radius 3 is 2.76 bits per heavy atom. The lowest BCUT2D eigenvalue weighted by atomic mass is 9.87. The number of rotatable bonds is 8. The molecule has 0 amide bonds. The Morgan fingerprint density at radius 2 is 2.12 bits per heavy atom. The number of nitrogens with two attached hydrogens (primary N) is 1. The van der Waals surface area contributed by atoms with Gasteiger partial charge in [-0.3, -0.25) is 4.90 Å². The lowest BCUT2D eigenvalue weighted by molar-refractivity contribution is 0.0302. The van der Waals surface area contributed by atoms with Crippen molar-refractivity contribution >= 4 is 0 Å². The molecule has 1 heterocycles. The minimum absolute atomic E-state index is 0.555. The van der Waals surface area contributed by atoms with E-state index in [1.54, 1.807) is 7.11 Å². The second kappa shape index (κ2) is 8.86. The average Bonchev–Trinajstić information content (AvgIpc) is 2.38. The van der Waals surface area contributed by atoms with Crippen molar-refractivity contribution in [2.24, 2.45) is 11.7 Å². The number of hydrogen-bond donors (Lipinski definition) is 1. The van der Waals surface area contributed by atoms with Gasteiger partial charge in [0.2, 0.25) is 0 Å². The lowest BCUT2D eigenvalue weighted by Gasteiger charge is -2.40. The van der Waals surface area contributed by atoms with Crippen LogP contribution in [0.25, 0.3) is 0 Å². The second-order valence-corrected chi connectivity index (χ2v) is 4.75. The summed E-state index contributed by atoms with van der Waals surface area (Å²) in [4.78, 5) is 2.50. The summed E-state index contributed by atoms with van der Waals surface area (Å²) < 4.78 is 10.5. The molecule has 0 saturated carbocycles. The minimum atomic E-state index is 0.555. The van der Waals surface area contributed by atoms with Crippen LogP contribution in [0.3, 0.4) is 0 Å². The third-order valence-corrected chi connectivity index (χ3v) is 3.75. The highest BCUT2D eigenvalue weighted by Gasteiger charge is 2.28. The maximum absolute atomic E-state index is 5.91. The zero-order chi connectivity index (χ0) is 12.5. The molecule has 1 saturated heterocycles. The molecule has 1 aliphatic heterocycles. The van der Waals surface area contributed by atoms with Crippen molar-refractivity contribution in [3.8, 4) is 0 Å². The first-order chi connectivity index (χ1) is 8.33. The van der Waals surface area contributed by atoms with E-state index in [1.165, 1.54) is 25.8 Å². The molecule has 2 unspecified atom stereocenters. The Balaban J connectivity index is 2.24. The van der Waals surface area contributed by atoms with Crippen molar-refractivity contribution in [1.29, 1.82) is 0 Å². The first kappa shape index (κ1) is 14.9. The van der Waals surface area contributed by atoms with Gasteiger partial charge >= 0.3 is 0 Å². The zero-order valence-electron chi connectivity index (χ0n) is 11.4. The summed E-state index contributed by atoms with van der Waals surface area (Å²) in [5, 5.41) is 0. The number of hydrogen-bond acceptors (Lipinski definition) is 4. The fourth-order valence-corrected chi connectivity index (χ4v) is 2.73. The summed E-state index contributed by atoms with van der Waals surface area (Å²) in [6.07, 6.45) is 3.87. The van der Waals surface area contributed by atoms with Crippen molar-refractivity contribution in [2.45, 2.75) is 32.2 Å². The van der Waals surface area contributed by atoms with Gasteiger partial charge in [-0.05, 0) is 25.3 Å². The van der Waals surface area contributed by atoms with E-state index < -0.39 is 0 Å². The van der Waals surface area contributed by atoms with E-state index >= 15 is 0 Å². The molecule has 0 aromatic carbocycles. The van der Waals surface area contributed by atoms with Gasteiger partial charge in [-0.15, -0.1) is 0 Å². The van der Waals surface area contributed by atoms with E-state index in [4.69, 9.17) is 15.2 Å². The van der Waals surface area contributed by atoms with Gasteiger partial charge in [-0.1, -0.05) is 13.3 Å². The highest BCUT2D eigenvalue weighted by molar-refractivity contribution is 4.84. The van der Waals surface area contributed by atoms with Gasteiger partial charge in [0.05, 0.1) is 19.8 Å². The van der Waals surface area contributed by atoms with Crippen LogP contribution in [0.4, 0.5) is 0 Å². The monoisotopic (exact) mass is 244 g/mol. The Bertz CT molecular complexity index is 190. The van der Waals surface area contributed by atoms with E-state index in [1.807, 2.05) is 0 Å². The fourth-order valence-electron chi connectivity index (χ4n) is 2.73. The molecule has 102 valence electrons. The SMILES string of the molecule is CCC1CCCN(CCOCCOC)C1CN. The topological polar surface area (TPSA) is 47.7 Å². The minimum Gasteiger partial charge on any atom is -0.382 e. The molecule has 1 rings (SSSR count). The fraction of sp³-hybridized carbons (Fsp3) is 1.00. The quantitative estimate of drug-likeness (QED) is 0.650. The zero-order valence-corrected chi connectivity index (χ0v) is 11.4. The molecular weight excluding hydrogens is 216 g/mol. The van der Waals surface area contributed by atoms with Crippen molar-refractivity contribution in [1.82, 2.24) is 4.90 Å². The van der Waals surface area contributed by atoms with Gasteiger partial charge in [0, 0.05) is 26.2 Å². The van der Waals surface area contributed by atoms with Crippen molar-refractivity contribution < 1.29 is 9.47 Å². The standard InChI is InChI=1S/C13H28N2O2/c1-3-12-5-4-6-15(13(12)11-14)7-8-17-10-9-16-2/h12-13H,3-11,14H2,1-2H3. The first-order valence-electron chi connectivity index (χ1n) is 6.84. The molecule has 4 nitrogen and oxygen atoms in total. The van der Waals surface area contributed by atoms with E-state index in [9.17, 15) is 0 Å². The van der Waals surface area contributed by atoms with Crippen LogP contribution in [0.15, 0.2) is 0 Å². The number of likely N-dealkylation sites (tertiary alicyclic amines) is 1. The van der Waals surface area contributed by atoms with E-state index in [0.29, 0.717) is 19.3 Å². The molecule has 0 aliphatic carbocycles. The van der Waals surface area contributed by atoms with Crippen LogP contribution >= 0.6 is 0 Å². The Morgan fingerprint density at radius 1 is 1.29 bits per heavy atom. The summed E-state index contributed by atoms with van der Waals surface area (Å²) in [7, 11) is 1.70. The first-order valence-corrected chi connectivity index (χ1v) is 6.84. The van der Waals surface area contributed by atoms with Crippen LogP contribution in [0.2, 0.25) is 0 Å². The summed E-state index contributed by atoms with van der Waals surface area (Å²) in [6, 6.07) is 0.555. The summed E-state index contributed by atoms with van der Waals surface area (Å²) in [6.45, 7) is 7.37. The van der Waals surface area contributed by atoms with Gasteiger partial charge in [0.1, 0.15) is 0 Å². The predicted molar refractivity (Wildman–Crippen MR) is 70.1 cm³/mol. The maximum Gasteiger partial charge on any atom is 0.0700 e. The normalized spacial score (nSPS) is 26.3. The number of methoxy groups -OCH3 is 1. The lowest BCUT2D eigenvalue weighted by Crippen LogP contribution is -2.50. The Labute approximate surface area is 105 Å². The van der Waals surface area contributed by atoms with Crippen molar-refractivity contribution in [3.63, 3.8) is 0 Å². The Hall–Kier alpha value is -0.160. The maximum atomic E-state index is 5.91. The van der Waals surface area contributed by atoms with Crippen LogP contribution < -0.4 is 5.73 Å². The van der Waals surface area contributed by atoms with Crippen LogP contribution in [-0.2, 0) is 9.47 Å². The van der Waals surface area contributed by atoms with Crippen molar-refractivity contribution in [2.75, 3.05) is 46.6 Å². The summed E-state index contributed by atoms with van der Waals surface area (Å²) >= 11 is 0. The van der Waals surface area contributed by atoms with Gasteiger partial charge in [0.15, 0.2) is 0 Å². The van der Waals surface area contributed by atoms with Crippen molar-refractivity contribution in [3.05, 3.63) is 0 Å². The van der Waals surface area contributed by atoms with Gasteiger partial charge < -0.3 is 15.2 Å². The highest BCUT2D eigenvalue weighted by Crippen LogP contribution is 2.25. The molecule has 4 heteroatoms. The molecule has 0 radical (unpaired) electrons. The molecule has 0 aromatic rings. The third-order valence-electron chi connectivity index (χ3n) is 3.75. The molecule has 1 aliphatic rings. The molecule has 17 heavy (non-hydrogen) atoms. The number of nitrogens with zero attached hydrogens (tertiary/aromatic N) is 1. The van der Waals surface area contributed by atoms with Crippen LogP contribution in [-0.4, -0.2) is 57.5 Å². The van der Waals surface area contributed by atoms with Crippen LogP contribution in [0.1, 0.15) is 26.2 Å². The number of ether oxygens (including phenoxy) is 2. The Kier molecular flexibility index (Phi) is 7.77. The second-order valence-electron chi connectivity index (χ2n) is 4.75. The number of piperidine rings is 1. The van der Waals surface area contributed by atoms with E-state index in [2.05, 4.69) is 11.8 Å². The predicted octanol–water partition coefficient (Wildman–Crippen LogP) is 1.10.